The van der Waals surface area contributed by atoms with Crippen LogP contribution in [0.15, 0.2) is 24.3 Å². The second-order valence-corrected chi connectivity index (χ2v) is 4.25. The fraction of sp³-hybridized carbons (Fsp3) is 0.500. The number of hydrogen-bond acceptors (Lipinski definition) is 2. The van der Waals surface area contributed by atoms with E-state index in [1.165, 1.54) is 0 Å². The molecule has 1 amide bonds. The molecule has 0 aliphatic rings. The van der Waals surface area contributed by atoms with Gasteiger partial charge in [0.05, 0.1) is 6.61 Å². The first-order chi connectivity index (χ1) is 8.21. The maximum Gasteiger partial charge on any atom is 0.251 e. The van der Waals surface area contributed by atoms with E-state index in [0.717, 1.165) is 24.9 Å². The van der Waals surface area contributed by atoms with Gasteiger partial charge in [-0.2, -0.15) is 0 Å². The Morgan fingerprint density at radius 1 is 1.24 bits per heavy atom. The van der Waals surface area contributed by atoms with Crippen LogP contribution in [-0.4, -0.2) is 17.6 Å². The van der Waals surface area contributed by atoms with Crippen LogP contribution in [-0.2, 0) is 6.61 Å². The molecule has 0 fully saturated rings. The van der Waals surface area contributed by atoms with Crippen LogP contribution < -0.4 is 5.32 Å². The molecular weight excluding hydrogens is 214 g/mol. The molecule has 0 heterocycles. The van der Waals surface area contributed by atoms with E-state index in [1.54, 1.807) is 24.3 Å². The molecule has 17 heavy (non-hydrogen) atoms. The van der Waals surface area contributed by atoms with Crippen molar-refractivity contribution in [3.63, 3.8) is 0 Å². The number of benzene rings is 1. The van der Waals surface area contributed by atoms with Crippen molar-refractivity contribution in [3.05, 3.63) is 35.4 Å². The molecule has 0 aliphatic carbocycles. The summed E-state index contributed by atoms with van der Waals surface area (Å²) in [5, 5.41) is 11.8. The highest BCUT2D eigenvalue weighted by Crippen LogP contribution is 2.07. The van der Waals surface area contributed by atoms with Crippen molar-refractivity contribution >= 4 is 5.91 Å². The highest BCUT2D eigenvalue weighted by molar-refractivity contribution is 5.94. The van der Waals surface area contributed by atoms with Crippen molar-refractivity contribution in [3.8, 4) is 0 Å². The fourth-order valence-corrected chi connectivity index (χ4v) is 1.68. The van der Waals surface area contributed by atoms with Crippen LogP contribution in [0.2, 0.25) is 0 Å². The zero-order chi connectivity index (χ0) is 12.7. The van der Waals surface area contributed by atoms with E-state index in [2.05, 4.69) is 19.2 Å². The SMILES string of the molecule is CCC(CC)CNC(=O)c1ccc(CO)cc1. The van der Waals surface area contributed by atoms with E-state index >= 15 is 0 Å². The molecule has 0 saturated heterocycles. The fourth-order valence-electron chi connectivity index (χ4n) is 1.68. The van der Waals surface area contributed by atoms with Gasteiger partial charge in [-0.15, -0.1) is 0 Å². The summed E-state index contributed by atoms with van der Waals surface area (Å²) in [5.74, 6) is 0.511. The standard InChI is InChI=1S/C14H21NO2/c1-3-11(4-2)9-15-14(17)13-7-5-12(10-16)6-8-13/h5-8,11,16H,3-4,9-10H2,1-2H3,(H,15,17). The topological polar surface area (TPSA) is 49.3 Å². The number of aliphatic hydroxyl groups is 1. The first kappa shape index (κ1) is 13.7. The molecule has 3 heteroatoms. The number of nitrogens with one attached hydrogen (secondary N) is 1. The molecule has 0 radical (unpaired) electrons. The van der Waals surface area contributed by atoms with Gasteiger partial charge < -0.3 is 10.4 Å². The monoisotopic (exact) mass is 235 g/mol. The molecule has 0 aliphatic heterocycles. The Morgan fingerprint density at radius 3 is 2.29 bits per heavy atom. The number of rotatable bonds is 6. The van der Waals surface area contributed by atoms with Crippen LogP contribution in [0, 0.1) is 5.92 Å². The Bertz CT molecular complexity index is 342. The smallest absolute Gasteiger partial charge is 0.251 e. The summed E-state index contributed by atoms with van der Waals surface area (Å²) < 4.78 is 0. The van der Waals surface area contributed by atoms with Crippen LogP contribution in [0.4, 0.5) is 0 Å². The lowest BCUT2D eigenvalue weighted by atomic mass is 10.0. The summed E-state index contributed by atoms with van der Waals surface area (Å²) in [6.07, 6.45) is 2.17. The molecule has 3 nitrogen and oxygen atoms in total. The zero-order valence-electron chi connectivity index (χ0n) is 10.6. The lowest BCUT2D eigenvalue weighted by molar-refractivity contribution is 0.0946. The Balaban J connectivity index is 2.51. The number of aliphatic hydroxyl groups excluding tert-OH is 1. The minimum absolute atomic E-state index is 0.00957. The predicted octanol–water partition coefficient (Wildman–Crippen LogP) is 2.34. The maximum absolute atomic E-state index is 11.8. The normalized spacial score (nSPS) is 10.6. The van der Waals surface area contributed by atoms with Crippen molar-refractivity contribution in [2.75, 3.05) is 6.54 Å². The number of carbonyl (C=O) groups is 1. The predicted molar refractivity (Wildman–Crippen MR) is 68.8 cm³/mol. The summed E-state index contributed by atoms with van der Waals surface area (Å²) in [6.45, 7) is 5.01. The third-order valence-electron chi connectivity index (χ3n) is 3.10. The van der Waals surface area contributed by atoms with Crippen molar-refractivity contribution in [2.45, 2.75) is 33.3 Å². The van der Waals surface area contributed by atoms with E-state index in [9.17, 15) is 4.79 Å². The van der Waals surface area contributed by atoms with Crippen molar-refractivity contribution in [2.24, 2.45) is 5.92 Å². The van der Waals surface area contributed by atoms with E-state index in [-0.39, 0.29) is 12.5 Å². The molecule has 1 aromatic carbocycles. The molecule has 94 valence electrons. The molecule has 1 aromatic rings. The molecule has 2 N–H and O–H groups in total. The van der Waals surface area contributed by atoms with Crippen molar-refractivity contribution in [1.29, 1.82) is 0 Å². The molecule has 1 rings (SSSR count). The van der Waals surface area contributed by atoms with Crippen molar-refractivity contribution in [1.82, 2.24) is 5.32 Å². The minimum Gasteiger partial charge on any atom is -0.392 e. The van der Waals surface area contributed by atoms with Crippen LogP contribution >= 0.6 is 0 Å². The van der Waals surface area contributed by atoms with E-state index in [0.29, 0.717) is 11.5 Å². The Morgan fingerprint density at radius 2 is 1.82 bits per heavy atom. The Labute approximate surface area is 103 Å². The van der Waals surface area contributed by atoms with Gasteiger partial charge >= 0.3 is 0 Å². The number of hydrogen-bond donors (Lipinski definition) is 2. The van der Waals surface area contributed by atoms with Crippen molar-refractivity contribution < 1.29 is 9.90 Å². The van der Waals surface area contributed by atoms with Gasteiger partial charge in [0.15, 0.2) is 0 Å². The van der Waals surface area contributed by atoms with E-state index in [1.807, 2.05) is 0 Å². The van der Waals surface area contributed by atoms with Gasteiger partial charge in [-0.25, -0.2) is 0 Å². The summed E-state index contributed by atoms with van der Waals surface area (Å²) in [6, 6.07) is 7.03. The summed E-state index contributed by atoms with van der Waals surface area (Å²) >= 11 is 0. The molecule has 0 aromatic heterocycles. The van der Waals surface area contributed by atoms with Crippen LogP contribution in [0.5, 0.6) is 0 Å². The lowest BCUT2D eigenvalue weighted by Crippen LogP contribution is -2.28. The summed E-state index contributed by atoms with van der Waals surface area (Å²) in [5.41, 5.74) is 1.47. The average molecular weight is 235 g/mol. The molecule has 0 saturated carbocycles. The highest BCUT2D eigenvalue weighted by Gasteiger charge is 2.08. The van der Waals surface area contributed by atoms with Gasteiger partial charge in [-0.3, -0.25) is 4.79 Å². The van der Waals surface area contributed by atoms with Crippen LogP contribution in [0.25, 0.3) is 0 Å². The van der Waals surface area contributed by atoms with E-state index in [4.69, 9.17) is 5.11 Å². The third-order valence-corrected chi connectivity index (χ3v) is 3.10. The Hall–Kier alpha value is -1.35. The highest BCUT2D eigenvalue weighted by atomic mass is 16.3. The lowest BCUT2D eigenvalue weighted by Gasteiger charge is -2.13. The maximum atomic E-state index is 11.8. The molecule has 0 spiro atoms. The molecule has 0 bridgehead atoms. The summed E-state index contributed by atoms with van der Waals surface area (Å²) in [7, 11) is 0. The minimum atomic E-state index is -0.0404. The van der Waals surface area contributed by atoms with Gasteiger partial charge in [-0.05, 0) is 23.6 Å². The Kier molecular flexibility index (Phi) is 5.70. The second-order valence-electron chi connectivity index (χ2n) is 4.25. The number of carbonyl (C=O) groups excluding carboxylic acids is 1. The molecule has 0 unspecified atom stereocenters. The first-order valence-corrected chi connectivity index (χ1v) is 6.19. The largest absolute Gasteiger partial charge is 0.392 e. The van der Waals surface area contributed by atoms with Gasteiger partial charge in [0.25, 0.3) is 5.91 Å². The van der Waals surface area contributed by atoms with Gasteiger partial charge in [0.2, 0.25) is 0 Å². The zero-order valence-corrected chi connectivity index (χ0v) is 10.6. The third kappa shape index (κ3) is 4.19. The van der Waals surface area contributed by atoms with E-state index < -0.39 is 0 Å². The average Bonchev–Trinajstić information content (AvgIpc) is 2.39. The number of amides is 1. The van der Waals surface area contributed by atoms with Gasteiger partial charge in [0.1, 0.15) is 0 Å². The summed E-state index contributed by atoms with van der Waals surface area (Å²) in [4.78, 5) is 11.8. The molecule has 0 atom stereocenters. The first-order valence-electron chi connectivity index (χ1n) is 6.19. The van der Waals surface area contributed by atoms with Crippen LogP contribution in [0.1, 0.15) is 42.6 Å². The van der Waals surface area contributed by atoms with Gasteiger partial charge in [0, 0.05) is 12.1 Å². The molecular formula is C14H21NO2. The quantitative estimate of drug-likeness (QED) is 0.795. The second kappa shape index (κ2) is 7.07. The van der Waals surface area contributed by atoms with Crippen LogP contribution in [0.3, 0.4) is 0 Å². The van der Waals surface area contributed by atoms with Gasteiger partial charge in [-0.1, -0.05) is 38.8 Å².